The van der Waals surface area contributed by atoms with Crippen molar-refractivity contribution in [3.63, 3.8) is 0 Å². The van der Waals surface area contributed by atoms with Crippen LogP contribution < -0.4 is 0 Å². The van der Waals surface area contributed by atoms with Gasteiger partial charge in [0.2, 0.25) is 0 Å². The van der Waals surface area contributed by atoms with Gasteiger partial charge in [-0.1, -0.05) is 117 Å². The van der Waals surface area contributed by atoms with Crippen LogP contribution in [0.1, 0.15) is 142 Å². The third kappa shape index (κ3) is 23.5. The Bertz CT molecular complexity index is 256. The van der Waals surface area contributed by atoms with Crippen LogP contribution in [0.15, 0.2) is 17.9 Å². The highest BCUT2D eigenvalue weighted by Gasteiger charge is 1.92. The van der Waals surface area contributed by atoms with Gasteiger partial charge in [-0.2, -0.15) is 0 Å². The lowest BCUT2D eigenvalue weighted by atomic mass is 10.1. The van der Waals surface area contributed by atoms with E-state index in [0.29, 0.717) is 0 Å². The smallest absolute Gasteiger partial charge is 0.0274 e. The maximum Gasteiger partial charge on any atom is -0.0274 e. The Balaban J connectivity index is 3.15. The van der Waals surface area contributed by atoms with Crippen molar-refractivity contribution in [1.29, 1.82) is 0 Å². The average molecular weight is 349 g/mol. The molecule has 0 radical (unpaired) electrons. The van der Waals surface area contributed by atoms with E-state index in [9.17, 15) is 0 Å². The standard InChI is InChI=1S/C25H48/c1-3-5-7-9-11-13-15-17-19-21-23-25-24-22-20-18-16-14-12-10-8-6-4-2/h23-24H,3-22H2,1-2H3. The molecule has 0 atom stereocenters. The molecule has 0 amide bonds. The average Bonchev–Trinajstić information content (AvgIpc) is 2.63. The van der Waals surface area contributed by atoms with Crippen LogP contribution in [-0.4, -0.2) is 0 Å². The lowest BCUT2D eigenvalue weighted by Gasteiger charge is -2.00. The van der Waals surface area contributed by atoms with Crippen LogP contribution >= 0.6 is 0 Å². The van der Waals surface area contributed by atoms with E-state index < -0.39 is 0 Å². The van der Waals surface area contributed by atoms with Gasteiger partial charge >= 0.3 is 0 Å². The molecule has 0 fully saturated rings. The van der Waals surface area contributed by atoms with E-state index in [1.165, 1.54) is 128 Å². The first-order valence-electron chi connectivity index (χ1n) is 11.8. The first-order valence-corrected chi connectivity index (χ1v) is 11.8. The van der Waals surface area contributed by atoms with Crippen LogP contribution in [0.5, 0.6) is 0 Å². The van der Waals surface area contributed by atoms with Gasteiger partial charge in [-0.15, -0.1) is 5.73 Å². The Morgan fingerprint density at radius 3 is 1.00 bits per heavy atom. The largest absolute Gasteiger partial charge is 0.130 e. The molecule has 0 spiro atoms. The van der Waals surface area contributed by atoms with E-state index in [4.69, 9.17) is 0 Å². The lowest BCUT2D eigenvalue weighted by molar-refractivity contribution is 0.566. The monoisotopic (exact) mass is 348 g/mol. The van der Waals surface area contributed by atoms with Gasteiger partial charge in [-0.05, 0) is 37.8 Å². The van der Waals surface area contributed by atoms with Gasteiger partial charge in [-0.3, -0.25) is 0 Å². The van der Waals surface area contributed by atoms with Crippen molar-refractivity contribution >= 4 is 0 Å². The lowest BCUT2D eigenvalue weighted by Crippen LogP contribution is -1.80. The molecule has 0 saturated carbocycles. The Morgan fingerprint density at radius 1 is 0.400 bits per heavy atom. The molecule has 0 aromatic heterocycles. The van der Waals surface area contributed by atoms with Gasteiger partial charge in [0, 0.05) is 0 Å². The summed E-state index contributed by atoms with van der Waals surface area (Å²) >= 11 is 0. The zero-order valence-electron chi connectivity index (χ0n) is 17.8. The molecule has 0 aliphatic carbocycles. The second-order valence-electron chi connectivity index (χ2n) is 7.81. The van der Waals surface area contributed by atoms with E-state index >= 15 is 0 Å². The van der Waals surface area contributed by atoms with Crippen LogP contribution in [-0.2, 0) is 0 Å². The molecule has 0 aromatic rings. The maximum atomic E-state index is 3.39. The van der Waals surface area contributed by atoms with Gasteiger partial charge < -0.3 is 0 Å². The fourth-order valence-electron chi connectivity index (χ4n) is 3.36. The van der Waals surface area contributed by atoms with Crippen molar-refractivity contribution < 1.29 is 0 Å². The molecular formula is C25H48. The van der Waals surface area contributed by atoms with Crippen molar-refractivity contribution in [2.24, 2.45) is 0 Å². The summed E-state index contributed by atoms with van der Waals surface area (Å²) in [6.45, 7) is 4.58. The van der Waals surface area contributed by atoms with Crippen molar-refractivity contribution in [3.05, 3.63) is 17.9 Å². The van der Waals surface area contributed by atoms with Gasteiger partial charge in [-0.25, -0.2) is 0 Å². The summed E-state index contributed by atoms with van der Waals surface area (Å²) in [6.07, 6.45) is 32.5. The number of allylic oxidation sites excluding steroid dienone is 1. The molecule has 0 saturated heterocycles. The summed E-state index contributed by atoms with van der Waals surface area (Å²) in [6, 6.07) is 0. The topological polar surface area (TPSA) is 0 Å². The Morgan fingerprint density at radius 2 is 0.680 bits per heavy atom. The third-order valence-corrected chi connectivity index (χ3v) is 5.14. The Labute approximate surface area is 160 Å². The van der Waals surface area contributed by atoms with E-state index in [1.807, 2.05) is 0 Å². The quantitative estimate of drug-likeness (QED) is 0.152. The molecule has 0 aromatic carbocycles. The van der Waals surface area contributed by atoms with Gasteiger partial charge in [0.1, 0.15) is 0 Å². The summed E-state index contributed by atoms with van der Waals surface area (Å²) in [7, 11) is 0. The highest BCUT2D eigenvalue weighted by Crippen LogP contribution is 2.11. The molecule has 148 valence electrons. The van der Waals surface area contributed by atoms with Crippen LogP contribution in [0.3, 0.4) is 0 Å². The van der Waals surface area contributed by atoms with Crippen LogP contribution in [0, 0.1) is 0 Å². The normalized spacial score (nSPS) is 10.6. The van der Waals surface area contributed by atoms with Crippen molar-refractivity contribution in [1.82, 2.24) is 0 Å². The predicted octanol–water partition coefficient (Wildman–Crippen LogP) is 9.54. The van der Waals surface area contributed by atoms with Crippen molar-refractivity contribution in [2.75, 3.05) is 0 Å². The minimum Gasteiger partial charge on any atom is -0.130 e. The van der Waals surface area contributed by atoms with E-state index in [2.05, 4.69) is 31.7 Å². The molecule has 0 aliphatic heterocycles. The minimum absolute atomic E-state index is 1.23. The van der Waals surface area contributed by atoms with Gasteiger partial charge in [0.15, 0.2) is 0 Å². The molecule has 0 rings (SSSR count). The second kappa shape index (κ2) is 23.5. The van der Waals surface area contributed by atoms with E-state index in [0.717, 1.165) is 0 Å². The number of hydrogen-bond acceptors (Lipinski definition) is 0. The molecule has 0 nitrogen and oxygen atoms in total. The number of hydrogen-bond donors (Lipinski definition) is 0. The van der Waals surface area contributed by atoms with Crippen molar-refractivity contribution in [2.45, 2.75) is 142 Å². The van der Waals surface area contributed by atoms with Crippen LogP contribution in [0.2, 0.25) is 0 Å². The summed E-state index contributed by atoms with van der Waals surface area (Å²) in [5.41, 5.74) is 3.39. The first kappa shape index (κ1) is 24.5. The van der Waals surface area contributed by atoms with Gasteiger partial charge in [0.25, 0.3) is 0 Å². The zero-order valence-corrected chi connectivity index (χ0v) is 17.8. The zero-order chi connectivity index (χ0) is 18.3. The molecular weight excluding hydrogens is 300 g/mol. The Kier molecular flexibility index (Phi) is 23.1. The molecule has 0 unspecified atom stereocenters. The fourth-order valence-corrected chi connectivity index (χ4v) is 3.36. The number of rotatable bonds is 20. The first-order chi connectivity index (χ1) is 12.4. The molecule has 0 heterocycles. The van der Waals surface area contributed by atoms with Crippen LogP contribution in [0.25, 0.3) is 0 Å². The van der Waals surface area contributed by atoms with E-state index in [1.54, 1.807) is 0 Å². The van der Waals surface area contributed by atoms with Crippen molar-refractivity contribution in [3.8, 4) is 0 Å². The Hall–Kier alpha value is -0.480. The highest BCUT2D eigenvalue weighted by atomic mass is 14.0. The third-order valence-electron chi connectivity index (χ3n) is 5.14. The molecule has 0 N–H and O–H groups in total. The summed E-state index contributed by atoms with van der Waals surface area (Å²) in [5, 5.41) is 0. The van der Waals surface area contributed by atoms with Crippen LogP contribution in [0.4, 0.5) is 0 Å². The second-order valence-corrected chi connectivity index (χ2v) is 7.81. The van der Waals surface area contributed by atoms with Gasteiger partial charge in [0.05, 0.1) is 0 Å². The molecule has 25 heavy (non-hydrogen) atoms. The molecule has 0 bridgehead atoms. The number of unbranched alkanes of at least 4 members (excludes halogenated alkanes) is 18. The minimum atomic E-state index is 1.23. The summed E-state index contributed by atoms with van der Waals surface area (Å²) < 4.78 is 0. The SMILES string of the molecule is CCCCCCCCCCCC=C=CCCCCCCCCCCC. The fraction of sp³-hybridized carbons (Fsp3) is 0.880. The maximum absolute atomic E-state index is 3.39. The summed E-state index contributed by atoms with van der Waals surface area (Å²) in [4.78, 5) is 0. The highest BCUT2D eigenvalue weighted by molar-refractivity contribution is 4.84. The molecule has 0 aliphatic rings. The molecule has 0 heteroatoms. The van der Waals surface area contributed by atoms with E-state index in [-0.39, 0.29) is 0 Å². The predicted molar refractivity (Wildman–Crippen MR) is 116 cm³/mol. The summed E-state index contributed by atoms with van der Waals surface area (Å²) in [5.74, 6) is 0.